The van der Waals surface area contributed by atoms with E-state index in [1.807, 2.05) is 20.8 Å². The molecule has 0 aromatic rings. The van der Waals surface area contributed by atoms with Crippen LogP contribution in [0.4, 0.5) is 0 Å². The van der Waals surface area contributed by atoms with Gasteiger partial charge in [0.05, 0.1) is 12.0 Å². The molecule has 0 amide bonds. The summed E-state index contributed by atoms with van der Waals surface area (Å²) in [6.07, 6.45) is -4.23. The van der Waals surface area contributed by atoms with Crippen LogP contribution in [0.3, 0.4) is 0 Å². The fourth-order valence-corrected chi connectivity index (χ4v) is 7.24. The molecule has 0 aromatic heterocycles. The van der Waals surface area contributed by atoms with Crippen molar-refractivity contribution in [3.8, 4) is 0 Å². The van der Waals surface area contributed by atoms with E-state index in [-0.39, 0.29) is 25.0 Å². The molecule has 1 N–H and O–H groups in total. The molecule has 0 spiro atoms. The highest BCUT2D eigenvalue weighted by Gasteiger charge is 2.63. The number of esters is 4. The summed E-state index contributed by atoms with van der Waals surface area (Å²) in [5, 5.41) is 9.97. The van der Waals surface area contributed by atoms with Crippen LogP contribution in [0.25, 0.3) is 0 Å². The van der Waals surface area contributed by atoms with Crippen molar-refractivity contribution in [3.63, 3.8) is 0 Å². The Balaban J connectivity index is 2.29. The third-order valence-corrected chi connectivity index (χ3v) is 9.48. The van der Waals surface area contributed by atoms with Crippen LogP contribution < -0.4 is 0 Å². The molecular formula is C31H44O10. The van der Waals surface area contributed by atoms with Gasteiger partial charge in [-0.05, 0) is 49.3 Å². The topological polar surface area (TPSA) is 143 Å². The molecule has 228 valence electrons. The van der Waals surface area contributed by atoms with Gasteiger partial charge in [0.2, 0.25) is 0 Å². The number of rotatable bonds is 6. The predicted molar refractivity (Wildman–Crippen MR) is 147 cm³/mol. The molecule has 0 radical (unpaired) electrons. The quantitative estimate of drug-likeness (QED) is 0.283. The molecule has 3 rings (SSSR count). The average Bonchev–Trinajstić information content (AvgIpc) is 2.81. The monoisotopic (exact) mass is 576 g/mol. The lowest BCUT2D eigenvalue weighted by atomic mass is 9.49. The Morgan fingerprint density at radius 1 is 0.927 bits per heavy atom. The van der Waals surface area contributed by atoms with Gasteiger partial charge >= 0.3 is 23.9 Å². The van der Waals surface area contributed by atoms with Gasteiger partial charge in [-0.1, -0.05) is 27.4 Å². The molecule has 0 aliphatic heterocycles. The molecule has 0 saturated heterocycles. The van der Waals surface area contributed by atoms with Crippen LogP contribution in [0, 0.1) is 28.6 Å². The van der Waals surface area contributed by atoms with Crippen molar-refractivity contribution in [3.05, 3.63) is 23.3 Å². The van der Waals surface area contributed by atoms with Gasteiger partial charge < -0.3 is 24.1 Å². The molecule has 3 aliphatic rings. The summed E-state index contributed by atoms with van der Waals surface area (Å²) in [7, 11) is 0. The highest BCUT2D eigenvalue weighted by atomic mass is 16.6. The molecule has 2 fully saturated rings. The van der Waals surface area contributed by atoms with E-state index in [4.69, 9.17) is 18.9 Å². The maximum atomic E-state index is 13.4. The molecule has 0 heterocycles. The van der Waals surface area contributed by atoms with E-state index in [2.05, 4.69) is 6.58 Å². The number of ether oxygens (including phenoxy) is 4. The highest BCUT2D eigenvalue weighted by molar-refractivity contribution is 5.97. The Bertz CT molecular complexity index is 1160. The zero-order valence-corrected chi connectivity index (χ0v) is 25.6. The zero-order valence-electron chi connectivity index (χ0n) is 25.6. The number of ketones is 1. The Kier molecular flexibility index (Phi) is 9.28. The van der Waals surface area contributed by atoms with Crippen molar-refractivity contribution in [2.45, 2.75) is 112 Å². The summed E-state index contributed by atoms with van der Waals surface area (Å²) in [5.74, 6) is -4.60. The van der Waals surface area contributed by atoms with Gasteiger partial charge in [0.25, 0.3) is 0 Å². The van der Waals surface area contributed by atoms with Crippen molar-refractivity contribution < 1.29 is 48.0 Å². The lowest BCUT2D eigenvalue weighted by Gasteiger charge is -2.58. The summed E-state index contributed by atoms with van der Waals surface area (Å²) in [4.78, 5) is 63.7. The van der Waals surface area contributed by atoms with E-state index in [1.165, 1.54) is 27.7 Å². The van der Waals surface area contributed by atoms with Crippen LogP contribution in [0.1, 0.15) is 81.6 Å². The number of Topliss-reactive ketones (excluding diaryl/α,β-unsaturated/α-hetero) is 1. The first-order valence-electron chi connectivity index (χ1n) is 14.2. The first-order valence-corrected chi connectivity index (χ1v) is 14.2. The van der Waals surface area contributed by atoms with E-state index in [0.717, 1.165) is 0 Å². The van der Waals surface area contributed by atoms with Crippen molar-refractivity contribution >= 4 is 29.7 Å². The Morgan fingerprint density at radius 3 is 2.00 bits per heavy atom. The van der Waals surface area contributed by atoms with Crippen LogP contribution in [-0.4, -0.2) is 65.3 Å². The second-order valence-corrected chi connectivity index (χ2v) is 12.7. The van der Waals surface area contributed by atoms with E-state index >= 15 is 0 Å². The second-order valence-electron chi connectivity index (χ2n) is 12.7. The normalized spacial score (nSPS) is 34.3. The van der Waals surface area contributed by atoms with Gasteiger partial charge in [0, 0.05) is 50.9 Å². The smallest absolute Gasteiger partial charge is 0.311 e. The van der Waals surface area contributed by atoms with E-state index in [0.29, 0.717) is 16.7 Å². The Labute approximate surface area is 241 Å². The van der Waals surface area contributed by atoms with Crippen molar-refractivity contribution in [2.24, 2.45) is 28.6 Å². The third-order valence-electron chi connectivity index (χ3n) is 9.48. The minimum Gasteiger partial charge on any atom is -0.462 e. The largest absolute Gasteiger partial charge is 0.462 e. The van der Waals surface area contributed by atoms with Crippen molar-refractivity contribution in [1.29, 1.82) is 0 Å². The predicted octanol–water partition coefficient (Wildman–Crippen LogP) is 3.63. The first kappa shape index (κ1) is 32.5. The Morgan fingerprint density at radius 2 is 1.49 bits per heavy atom. The maximum absolute atomic E-state index is 13.4. The molecule has 2 bridgehead atoms. The van der Waals surface area contributed by atoms with E-state index < -0.39 is 83.0 Å². The van der Waals surface area contributed by atoms with Gasteiger partial charge in [0.1, 0.15) is 24.4 Å². The van der Waals surface area contributed by atoms with Crippen LogP contribution in [-0.2, 0) is 42.9 Å². The fourth-order valence-electron chi connectivity index (χ4n) is 7.24. The van der Waals surface area contributed by atoms with E-state index in [1.54, 1.807) is 13.8 Å². The summed E-state index contributed by atoms with van der Waals surface area (Å²) < 4.78 is 23.7. The minimum absolute atomic E-state index is 0.0638. The SMILES string of the molecule is C=C1[C@@H](OC(=O)C(C)C(C)O)C[C@H](OC(C)=O)[C@@]2(C)C[C@H](OC(C)=O)C3=C(C)C(=O)C[C@@H]([C@@H](OC(C)=O)[C@H]12)C3(C)C. The number of carbonyl (C=O) groups is 5. The summed E-state index contributed by atoms with van der Waals surface area (Å²) in [6.45, 7) is 18.7. The third kappa shape index (κ3) is 6.12. The standard InChI is InChI=1S/C31H44O10/c1-14(17(4)32)29(37)41-23-12-25(39-19(6)34)31(10)13-24(38-18(5)33)26-15(2)22(36)11-21(30(26,8)9)28(40-20(7)35)27(31)16(23)3/h14,17,21,23-25,27-28,32H,3,11-13H2,1-2,4-10H3/t14?,17?,21-,23-,24-,25-,27-,28+,31+/m0/s1. The molecule has 10 heteroatoms. The molecule has 2 unspecified atom stereocenters. The molecule has 9 atom stereocenters. The number of aliphatic hydroxyl groups is 1. The summed E-state index contributed by atoms with van der Waals surface area (Å²) >= 11 is 0. The molecule has 2 saturated carbocycles. The molecule has 10 nitrogen and oxygen atoms in total. The van der Waals surface area contributed by atoms with Crippen LogP contribution >= 0.6 is 0 Å². The Hall–Kier alpha value is -3.01. The fraction of sp³-hybridized carbons (Fsp3) is 0.710. The van der Waals surface area contributed by atoms with Gasteiger partial charge in [-0.25, -0.2) is 0 Å². The lowest BCUT2D eigenvalue weighted by Crippen LogP contribution is -2.62. The van der Waals surface area contributed by atoms with Gasteiger partial charge in [-0.2, -0.15) is 0 Å². The molecule has 0 aromatic carbocycles. The van der Waals surface area contributed by atoms with Crippen LogP contribution in [0.15, 0.2) is 23.3 Å². The first-order chi connectivity index (χ1) is 18.8. The second kappa shape index (κ2) is 11.7. The zero-order chi connectivity index (χ0) is 31.2. The number of fused-ring (bicyclic) bond motifs is 3. The maximum Gasteiger partial charge on any atom is 0.311 e. The summed E-state index contributed by atoms with van der Waals surface area (Å²) in [6, 6.07) is 0. The molecule has 41 heavy (non-hydrogen) atoms. The van der Waals surface area contributed by atoms with Crippen molar-refractivity contribution in [1.82, 2.24) is 0 Å². The van der Waals surface area contributed by atoms with Crippen molar-refractivity contribution in [2.75, 3.05) is 0 Å². The molecule has 3 aliphatic carbocycles. The minimum atomic E-state index is -1.01. The van der Waals surface area contributed by atoms with Gasteiger partial charge in [-0.15, -0.1) is 0 Å². The highest BCUT2D eigenvalue weighted by Crippen LogP contribution is 2.60. The van der Waals surface area contributed by atoms with Gasteiger partial charge in [-0.3, -0.25) is 24.0 Å². The lowest BCUT2D eigenvalue weighted by molar-refractivity contribution is -0.196. The number of allylic oxidation sites excluding steroid dienone is 1. The number of carbonyl (C=O) groups excluding carboxylic acids is 5. The number of hydrogen-bond donors (Lipinski definition) is 1. The molecular weight excluding hydrogens is 532 g/mol. The van der Waals surface area contributed by atoms with Gasteiger partial charge in [0.15, 0.2) is 5.78 Å². The van der Waals surface area contributed by atoms with Crippen LogP contribution in [0.5, 0.6) is 0 Å². The average molecular weight is 577 g/mol. The van der Waals surface area contributed by atoms with E-state index in [9.17, 15) is 29.1 Å². The number of aliphatic hydroxyl groups excluding tert-OH is 1. The number of hydrogen-bond acceptors (Lipinski definition) is 10. The van der Waals surface area contributed by atoms with Crippen LogP contribution in [0.2, 0.25) is 0 Å². The summed E-state index contributed by atoms with van der Waals surface area (Å²) in [5.41, 5.74) is -0.173.